The first-order valence-electron chi connectivity index (χ1n) is 8.39. The second kappa shape index (κ2) is 8.30. The molecule has 4 nitrogen and oxygen atoms in total. The molecular formula is C16H29BrN4. The van der Waals surface area contributed by atoms with Gasteiger partial charge in [-0.2, -0.15) is 5.10 Å². The van der Waals surface area contributed by atoms with Crippen LogP contribution in [-0.2, 0) is 19.4 Å². The van der Waals surface area contributed by atoms with Gasteiger partial charge < -0.3 is 0 Å². The number of hydrogen-bond donors (Lipinski definition) is 2. The summed E-state index contributed by atoms with van der Waals surface area (Å²) in [6.07, 6.45) is 10.0. The molecule has 0 bridgehead atoms. The predicted molar refractivity (Wildman–Crippen MR) is 91.0 cm³/mol. The quantitative estimate of drug-likeness (QED) is 0.552. The molecule has 120 valence electrons. The van der Waals surface area contributed by atoms with Crippen LogP contribution in [0.4, 0.5) is 0 Å². The van der Waals surface area contributed by atoms with Crippen molar-refractivity contribution < 1.29 is 0 Å². The molecule has 0 radical (unpaired) electrons. The lowest BCUT2D eigenvalue weighted by Gasteiger charge is -2.19. The Morgan fingerprint density at radius 3 is 2.67 bits per heavy atom. The largest absolute Gasteiger partial charge is 0.271 e. The summed E-state index contributed by atoms with van der Waals surface area (Å²) in [5, 5.41) is 4.67. The van der Waals surface area contributed by atoms with Crippen molar-refractivity contribution in [2.45, 2.75) is 77.8 Å². The molecule has 1 fully saturated rings. The van der Waals surface area contributed by atoms with E-state index in [0.29, 0.717) is 6.04 Å². The fourth-order valence-corrected chi connectivity index (χ4v) is 4.15. The third kappa shape index (κ3) is 4.30. The Balaban J connectivity index is 1.98. The molecule has 5 heteroatoms. The molecule has 0 saturated heterocycles. The van der Waals surface area contributed by atoms with Gasteiger partial charge in [0.25, 0.3) is 0 Å². The molecule has 1 heterocycles. The van der Waals surface area contributed by atoms with Gasteiger partial charge in [-0.3, -0.25) is 16.0 Å². The Morgan fingerprint density at radius 2 is 2.10 bits per heavy atom. The highest BCUT2D eigenvalue weighted by molar-refractivity contribution is 9.10. The highest BCUT2D eigenvalue weighted by Gasteiger charge is 2.20. The second-order valence-corrected chi connectivity index (χ2v) is 6.97. The molecule has 0 spiro atoms. The first kappa shape index (κ1) is 17.0. The zero-order valence-corrected chi connectivity index (χ0v) is 15.0. The molecule has 1 aromatic rings. The maximum atomic E-state index is 5.79. The molecule has 1 unspecified atom stereocenters. The van der Waals surface area contributed by atoms with E-state index in [1.165, 1.54) is 42.3 Å². The van der Waals surface area contributed by atoms with Crippen LogP contribution in [0.1, 0.15) is 63.8 Å². The van der Waals surface area contributed by atoms with E-state index in [1.807, 2.05) is 0 Å². The van der Waals surface area contributed by atoms with Gasteiger partial charge in [0.2, 0.25) is 0 Å². The summed E-state index contributed by atoms with van der Waals surface area (Å²) in [4.78, 5) is 0. The van der Waals surface area contributed by atoms with Crippen LogP contribution in [0.15, 0.2) is 4.47 Å². The van der Waals surface area contributed by atoms with E-state index in [4.69, 9.17) is 5.84 Å². The maximum absolute atomic E-state index is 5.79. The van der Waals surface area contributed by atoms with Crippen molar-refractivity contribution in [1.82, 2.24) is 15.2 Å². The van der Waals surface area contributed by atoms with Crippen molar-refractivity contribution >= 4 is 15.9 Å². The fraction of sp³-hybridized carbons (Fsp3) is 0.812. The second-order valence-electron chi connectivity index (χ2n) is 6.17. The molecule has 1 aromatic heterocycles. The monoisotopic (exact) mass is 356 g/mol. The number of aryl methyl sites for hydroxylation is 2. The van der Waals surface area contributed by atoms with Crippen molar-refractivity contribution in [2.24, 2.45) is 11.8 Å². The summed E-state index contributed by atoms with van der Waals surface area (Å²) in [5.41, 5.74) is 5.45. The van der Waals surface area contributed by atoms with Crippen LogP contribution in [0.5, 0.6) is 0 Å². The van der Waals surface area contributed by atoms with E-state index in [1.54, 1.807) is 0 Å². The molecule has 0 aromatic carbocycles. The SMILES string of the molecule is CCc1nn(CC)c(CC(CCC2CCCC2)NN)c1Br. The molecule has 3 N–H and O–H groups in total. The summed E-state index contributed by atoms with van der Waals surface area (Å²) >= 11 is 3.73. The summed E-state index contributed by atoms with van der Waals surface area (Å²) < 4.78 is 3.29. The van der Waals surface area contributed by atoms with Gasteiger partial charge in [-0.05, 0) is 48.0 Å². The predicted octanol–water partition coefficient (Wildman–Crippen LogP) is 3.57. The molecular weight excluding hydrogens is 328 g/mol. The molecule has 0 amide bonds. The Labute approximate surface area is 137 Å². The zero-order chi connectivity index (χ0) is 15.2. The van der Waals surface area contributed by atoms with Crippen LogP contribution < -0.4 is 11.3 Å². The van der Waals surface area contributed by atoms with Crippen molar-refractivity contribution in [3.63, 3.8) is 0 Å². The minimum absolute atomic E-state index is 0.341. The fourth-order valence-electron chi connectivity index (χ4n) is 3.43. The number of nitrogens with zero attached hydrogens (tertiary/aromatic N) is 2. The van der Waals surface area contributed by atoms with Gasteiger partial charge in [0, 0.05) is 19.0 Å². The molecule has 2 rings (SSSR count). The van der Waals surface area contributed by atoms with Gasteiger partial charge in [0.05, 0.1) is 15.9 Å². The van der Waals surface area contributed by atoms with Crippen LogP contribution in [0, 0.1) is 5.92 Å². The number of nitrogens with two attached hydrogens (primary N) is 1. The molecule has 1 aliphatic rings. The average molecular weight is 357 g/mol. The maximum Gasteiger partial charge on any atom is 0.0766 e. The molecule has 1 aliphatic carbocycles. The summed E-state index contributed by atoms with van der Waals surface area (Å²) in [5.74, 6) is 6.71. The third-order valence-corrected chi connectivity index (χ3v) is 5.68. The third-order valence-electron chi connectivity index (χ3n) is 4.77. The van der Waals surface area contributed by atoms with Crippen LogP contribution in [-0.4, -0.2) is 15.8 Å². The van der Waals surface area contributed by atoms with E-state index in [0.717, 1.165) is 37.4 Å². The molecule has 1 saturated carbocycles. The summed E-state index contributed by atoms with van der Waals surface area (Å²) in [6.45, 7) is 5.20. The van der Waals surface area contributed by atoms with Crippen molar-refractivity contribution in [3.8, 4) is 0 Å². The van der Waals surface area contributed by atoms with Gasteiger partial charge in [-0.15, -0.1) is 0 Å². The van der Waals surface area contributed by atoms with Crippen LogP contribution in [0.2, 0.25) is 0 Å². The topological polar surface area (TPSA) is 55.9 Å². The number of rotatable bonds is 8. The van der Waals surface area contributed by atoms with E-state index < -0.39 is 0 Å². The number of aromatic nitrogens is 2. The van der Waals surface area contributed by atoms with Crippen molar-refractivity contribution in [3.05, 3.63) is 15.9 Å². The number of hydrazine groups is 1. The van der Waals surface area contributed by atoms with Crippen molar-refractivity contribution in [1.29, 1.82) is 0 Å². The minimum Gasteiger partial charge on any atom is -0.271 e. The number of hydrogen-bond acceptors (Lipinski definition) is 3. The number of nitrogens with one attached hydrogen (secondary N) is 1. The standard InChI is InChI=1S/C16H29BrN4/c1-3-14-16(17)15(21(4-2)20-14)11-13(19-18)10-9-12-7-5-6-8-12/h12-13,19H,3-11,18H2,1-2H3. The smallest absolute Gasteiger partial charge is 0.0766 e. The lowest BCUT2D eigenvalue weighted by atomic mass is 9.96. The Morgan fingerprint density at radius 1 is 1.38 bits per heavy atom. The Hall–Kier alpha value is -0.390. The Bertz CT molecular complexity index is 438. The van der Waals surface area contributed by atoms with Crippen molar-refractivity contribution in [2.75, 3.05) is 0 Å². The summed E-state index contributed by atoms with van der Waals surface area (Å²) in [7, 11) is 0. The highest BCUT2D eigenvalue weighted by Crippen LogP contribution is 2.30. The molecule has 21 heavy (non-hydrogen) atoms. The van der Waals surface area contributed by atoms with Gasteiger partial charge in [0.1, 0.15) is 0 Å². The highest BCUT2D eigenvalue weighted by atomic mass is 79.9. The Kier molecular flexibility index (Phi) is 6.71. The lowest BCUT2D eigenvalue weighted by molar-refractivity contribution is 0.400. The van der Waals surface area contributed by atoms with Crippen LogP contribution >= 0.6 is 15.9 Å². The van der Waals surface area contributed by atoms with E-state index in [9.17, 15) is 0 Å². The average Bonchev–Trinajstić information content (AvgIpc) is 3.12. The van der Waals surface area contributed by atoms with Crippen LogP contribution in [0.25, 0.3) is 0 Å². The number of halogens is 1. The van der Waals surface area contributed by atoms with E-state index in [-0.39, 0.29) is 0 Å². The minimum atomic E-state index is 0.341. The normalized spacial score (nSPS) is 17.5. The van der Waals surface area contributed by atoms with Gasteiger partial charge in [0.15, 0.2) is 0 Å². The lowest BCUT2D eigenvalue weighted by Crippen LogP contribution is -2.37. The van der Waals surface area contributed by atoms with E-state index in [2.05, 4.69) is 45.0 Å². The first-order chi connectivity index (χ1) is 10.2. The zero-order valence-electron chi connectivity index (χ0n) is 13.4. The van der Waals surface area contributed by atoms with Gasteiger partial charge >= 0.3 is 0 Å². The molecule has 1 atom stereocenters. The van der Waals surface area contributed by atoms with E-state index >= 15 is 0 Å². The molecule has 0 aliphatic heterocycles. The first-order valence-corrected chi connectivity index (χ1v) is 9.19. The van der Waals surface area contributed by atoms with Gasteiger partial charge in [-0.1, -0.05) is 32.6 Å². The van der Waals surface area contributed by atoms with Crippen LogP contribution in [0.3, 0.4) is 0 Å². The summed E-state index contributed by atoms with van der Waals surface area (Å²) in [6, 6.07) is 0.341. The van der Waals surface area contributed by atoms with Gasteiger partial charge in [-0.25, -0.2) is 0 Å².